The lowest BCUT2D eigenvalue weighted by molar-refractivity contribution is 0.0690. The number of aromatic carboxylic acids is 1. The number of aromatic nitrogens is 4. The molecule has 1 aromatic carbocycles. The topological polar surface area (TPSA) is 72.9 Å². The summed E-state index contributed by atoms with van der Waals surface area (Å²) in [5.74, 6) is -1.06. The zero-order valence-electron chi connectivity index (χ0n) is 11.0. The second kappa shape index (κ2) is 4.80. The fraction of sp³-hybridized carbons (Fsp3) is 0.214. The number of benzene rings is 1. The molecule has 1 N–H and O–H groups in total. The standard InChI is InChI=1S/C14H14N4O2/c1-10-8-11-4-2-3-5-13(11)18(10)7-6-17-9-12(14(19)20)15-16-17/h2-5,8-9H,6-7H2,1H3,(H,19,20). The van der Waals surface area contributed by atoms with E-state index in [1.165, 1.54) is 22.8 Å². The largest absolute Gasteiger partial charge is 0.476 e. The van der Waals surface area contributed by atoms with Crippen molar-refractivity contribution in [1.82, 2.24) is 19.6 Å². The second-order valence-electron chi connectivity index (χ2n) is 4.67. The number of aryl methyl sites for hydroxylation is 3. The van der Waals surface area contributed by atoms with Crippen molar-refractivity contribution in [2.45, 2.75) is 20.0 Å². The van der Waals surface area contributed by atoms with Gasteiger partial charge in [-0.2, -0.15) is 0 Å². The summed E-state index contributed by atoms with van der Waals surface area (Å²) >= 11 is 0. The molecule has 20 heavy (non-hydrogen) atoms. The zero-order valence-corrected chi connectivity index (χ0v) is 11.0. The van der Waals surface area contributed by atoms with Crippen molar-refractivity contribution in [1.29, 1.82) is 0 Å². The Kier molecular flexibility index (Phi) is 2.98. The first kappa shape index (κ1) is 12.4. The molecule has 0 fully saturated rings. The number of carboxylic acid groups (broad SMARTS) is 1. The fourth-order valence-corrected chi connectivity index (χ4v) is 2.35. The van der Waals surface area contributed by atoms with Gasteiger partial charge in [-0.1, -0.05) is 23.4 Å². The van der Waals surface area contributed by atoms with Crippen LogP contribution in [0.2, 0.25) is 0 Å². The maximum atomic E-state index is 10.8. The molecule has 0 spiro atoms. The molecule has 2 heterocycles. The molecule has 3 rings (SSSR count). The Bertz CT molecular complexity index is 772. The Morgan fingerprint density at radius 3 is 2.85 bits per heavy atom. The van der Waals surface area contributed by atoms with Crippen molar-refractivity contribution in [3.05, 3.63) is 47.9 Å². The maximum Gasteiger partial charge on any atom is 0.358 e. The van der Waals surface area contributed by atoms with E-state index in [1.54, 1.807) is 4.68 Å². The molecule has 0 radical (unpaired) electrons. The van der Waals surface area contributed by atoms with Crippen LogP contribution in [0.15, 0.2) is 36.5 Å². The van der Waals surface area contributed by atoms with E-state index in [9.17, 15) is 4.79 Å². The average Bonchev–Trinajstić information content (AvgIpc) is 3.00. The summed E-state index contributed by atoms with van der Waals surface area (Å²) in [4.78, 5) is 10.8. The molecular weight excluding hydrogens is 256 g/mol. The van der Waals surface area contributed by atoms with E-state index in [1.807, 2.05) is 12.1 Å². The van der Waals surface area contributed by atoms with Gasteiger partial charge in [0.15, 0.2) is 5.69 Å². The molecule has 3 aromatic rings. The van der Waals surface area contributed by atoms with E-state index in [4.69, 9.17) is 5.11 Å². The lowest BCUT2D eigenvalue weighted by atomic mass is 10.2. The molecule has 0 aliphatic carbocycles. The van der Waals surface area contributed by atoms with E-state index in [0.29, 0.717) is 6.54 Å². The molecule has 0 unspecified atom stereocenters. The second-order valence-corrected chi connectivity index (χ2v) is 4.67. The van der Waals surface area contributed by atoms with Crippen LogP contribution in [-0.2, 0) is 13.1 Å². The molecular formula is C14H14N4O2. The van der Waals surface area contributed by atoms with Gasteiger partial charge in [0.05, 0.1) is 12.7 Å². The first-order chi connectivity index (χ1) is 9.65. The number of carboxylic acids is 1. The third-order valence-electron chi connectivity index (χ3n) is 3.33. The highest BCUT2D eigenvalue weighted by Gasteiger charge is 2.09. The molecule has 6 heteroatoms. The molecule has 102 valence electrons. The van der Waals surface area contributed by atoms with Crippen LogP contribution in [0.5, 0.6) is 0 Å². The minimum Gasteiger partial charge on any atom is -0.476 e. The summed E-state index contributed by atoms with van der Waals surface area (Å²) in [6, 6.07) is 10.3. The summed E-state index contributed by atoms with van der Waals surface area (Å²) in [5, 5.41) is 17.4. The molecule has 0 bridgehead atoms. The van der Waals surface area contributed by atoms with E-state index in [-0.39, 0.29) is 5.69 Å². The van der Waals surface area contributed by atoms with Gasteiger partial charge in [-0.15, -0.1) is 5.10 Å². The number of carbonyl (C=O) groups is 1. The van der Waals surface area contributed by atoms with Crippen molar-refractivity contribution in [2.24, 2.45) is 0 Å². The SMILES string of the molecule is Cc1cc2ccccc2n1CCn1cc(C(=O)O)nn1. The normalized spacial score (nSPS) is 11.1. The summed E-state index contributed by atoms with van der Waals surface area (Å²) in [7, 11) is 0. The quantitative estimate of drug-likeness (QED) is 0.786. The van der Waals surface area contributed by atoms with Crippen LogP contribution in [0.4, 0.5) is 0 Å². The highest BCUT2D eigenvalue weighted by Crippen LogP contribution is 2.19. The molecule has 6 nitrogen and oxygen atoms in total. The number of rotatable bonds is 4. The van der Waals surface area contributed by atoms with Gasteiger partial charge in [0.1, 0.15) is 0 Å². The first-order valence-electron chi connectivity index (χ1n) is 6.33. The molecule has 0 atom stereocenters. The van der Waals surface area contributed by atoms with Gasteiger partial charge in [-0.05, 0) is 24.4 Å². The smallest absolute Gasteiger partial charge is 0.358 e. The Labute approximate surface area is 115 Å². The van der Waals surface area contributed by atoms with Crippen LogP contribution < -0.4 is 0 Å². The van der Waals surface area contributed by atoms with Crippen molar-refractivity contribution >= 4 is 16.9 Å². The number of para-hydroxylation sites is 1. The van der Waals surface area contributed by atoms with E-state index < -0.39 is 5.97 Å². The van der Waals surface area contributed by atoms with E-state index >= 15 is 0 Å². The maximum absolute atomic E-state index is 10.8. The molecule has 2 aromatic heterocycles. The third-order valence-corrected chi connectivity index (χ3v) is 3.33. The molecule has 0 saturated heterocycles. The van der Waals surface area contributed by atoms with Crippen molar-refractivity contribution in [3.8, 4) is 0 Å². The number of fused-ring (bicyclic) bond motifs is 1. The molecule has 0 aliphatic heterocycles. The van der Waals surface area contributed by atoms with Gasteiger partial charge in [0.2, 0.25) is 0 Å². The monoisotopic (exact) mass is 270 g/mol. The lowest BCUT2D eigenvalue weighted by Gasteiger charge is -2.07. The fourth-order valence-electron chi connectivity index (χ4n) is 2.35. The van der Waals surface area contributed by atoms with Crippen molar-refractivity contribution < 1.29 is 9.90 Å². The van der Waals surface area contributed by atoms with Crippen molar-refractivity contribution in [2.75, 3.05) is 0 Å². The van der Waals surface area contributed by atoms with Gasteiger partial charge in [-0.3, -0.25) is 0 Å². The Morgan fingerprint density at radius 2 is 2.10 bits per heavy atom. The van der Waals surface area contributed by atoms with Gasteiger partial charge >= 0.3 is 5.97 Å². The predicted octanol–water partition coefficient (Wildman–Crippen LogP) is 1.94. The van der Waals surface area contributed by atoms with E-state index in [0.717, 1.165) is 6.54 Å². The lowest BCUT2D eigenvalue weighted by Crippen LogP contribution is -2.09. The average molecular weight is 270 g/mol. The Balaban J connectivity index is 1.82. The highest BCUT2D eigenvalue weighted by molar-refractivity contribution is 5.84. The van der Waals surface area contributed by atoms with Crippen LogP contribution in [0.1, 0.15) is 16.2 Å². The summed E-state index contributed by atoms with van der Waals surface area (Å²) in [6.07, 6.45) is 1.45. The summed E-state index contributed by atoms with van der Waals surface area (Å²) in [6.45, 7) is 3.37. The van der Waals surface area contributed by atoms with Gasteiger partial charge in [0, 0.05) is 17.8 Å². The van der Waals surface area contributed by atoms with Crippen LogP contribution in [-0.4, -0.2) is 30.6 Å². The van der Waals surface area contributed by atoms with Gasteiger partial charge in [0.25, 0.3) is 0 Å². The summed E-state index contributed by atoms with van der Waals surface area (Å²) in [5.41, 5.74) is 2.31. The van der Waals surface area contributed by atoms with Crippen molar-refractivity contribution in [3.63, 3.8) is 0 Å². The Hall–Kier alpha value is -2.63. The van der Waals surface area contributed by atoms with Crippen LogP contribution in [0.3, 0.4) is 0 Å². The first-order valence-corrected chi connectivity index (χ1v) is 6.33. The predicted molar refractivity (Wildman–Crippen MR) is 73.7 cm³/mol. The zero-order chi connectivity index (χ0) is 14.1. The minimum atomic E-state index is -1.06. The number of hydrogen-bond donors (Lipinski definition) is 1. The number of hydrogen-bond acceptors (Lipinski definition) is 3. The third kappa shape index (κ3) is 2.16. The Morgan fingerprint density at radius 1 is 1.30 bits per heavy atom. The van der Waals surface area contributed by atoms with Crippen LogP contribution in [0, 0.1) is 6.92 Å². The molecule has 0 saturated carbocycles. The van der Waals surface area contributed by atoms with Crippen LogP contribution in [0.25, 0.3) is 10.9 Å². The van der Waals surface area contributed by atoms with E-state index in [2.05, 4.69) is 40.0 Å². The van der Waals surface area contributed by atoms with Gasteiger partial charge < -0.3 is 9.67 Å². The highest BCUT2D eigenvalue weighted by atomic mass is 16.4. The number of nitrogens with zero attached hydrogens (tertiary/aromatic N) is 4. The van der Waals surface area contributed by atoms with Crippen LogP contribution >= 0.6 is 0 Å². The summed E-state index contributed by atoms with van der Waals surface area (Å²) < 4.78 is 3.75. The molecule has 0 amide bonds. The van der Waals surface area contributed by atoms with Gasteiger partial charge in [-0.25, -0.2) is 9.48 Å². The molecule has 0 aliphatic rings. The minimum absolute atomic E-state index is 0.0286.